The largest absolute Gasteiger partial charge is 0.478 e. The van der Waals surface area contributed by atoms with Gasteiger partial charge in [0.1, 0.15) is 0 Å². The van der Waals surface area contributed by atoms with E-state index in [0.717, 1.165) is 5.56 Å². The number of hydrogen-bond donors (Lipinski definition) is 2. The predicted molar refractivity (Wildman–Crippen MR) is 98.0 cm³/mol. The summed E-state index contributed by atoms with van der Waals surface area (Å²) in [7, 11) is -3.29. The monoisotopic (exact) mass is 375 g/mol. The molecule has 0 aliphatic carbocycles. The number of carbonyl (C=O) groups excluding carboxylic acids is 1. The Kier molecular flexibility index (Phi) is 6.52. The fourth-order valence-corrected chi connectivity index (χ4v) is 3.37. The van der Waals surface area contributed by atoms with Crippen LogP contribution in [0.25, 0.3) is 0 Å². The van der Waals surface area contributed by atoms with Crippen molar-refractivity contribution >= 4 is 21.7 Å². The first kappa shape index (κ1) is 19.7. The van der Waals surface area contributed by atoms with Crippen molar-refractivity contribution in [3.05, 3.63) is 65.2 Å². The maximum atomic E-state index is 12.0. The third-order valence-electron chi connectivity index (χ3n) is 3.94. The van der Waals surface area contributed by atoms with Gasteiger partial charge in [0.25, 0.3) is 0 Å². The van der Waals surface area contributed by atoms with Crippen molar-refractivity contribution in [3.63, 3.8) is 0 Å². The van der Waals surface area contributed by atoms with E-state index in [2.05, 4.69) is 5.32 Å². The fourth-order valence-electron chi connectivity index (χ4n) is 2.42. The normalized spacial score (nSPS) is 11.1. The zero-order valence-corrected chi connectivity index (χ0v) is 15.3. The summed E-state index contributed by atoms with van der Waals surface area (Å²) in [6.45, 7) is 2.00. The Balaban J connectivity index is 1.87. The maximum absolute atomic E-state index is 12.0. The molecule has 2 aromatic carbocycles. The molecule has 0 heterocycles. The molecule has 26 heavy (non-hydrogen) atoms. The van der Waals surface area contributed by atoms with Crippen molar-refractivity contribution in [3.8, 4) is 0 Å². The Morgan fingerprint density at radius 3 is 2.35 bits per heavy atom. The van der Waals surface area contributed by atoms with Crippen molar-refractivity contribution in [1.82, 2.24) is 5.32 Å². The topological polar surface area (TPSA) is 101 Å². The van der Waals surface area contributed by atoms with Crippen LogP contribution in [0, 0.1) is 0 Å². The predicted octanol–water partition coefficient (Wildman–Crippen LogP) is 2.08. The minimum Gasteiger partial charge on any atom is -0.478 e. The molecule has 0 radical (unpaired) electrons. The van der Waals surface area contributed by atoms with Crippen molar-refractivity contribution in [2.24, 2.45) is 0 Å². The minimum atomic E-state index is -3.29. The second-order valence-corrected chi connectivity index (χ2v) is 8.11. The summed E-state index contributed by atoms with van der Waals surface area (Å²) in [6.07, 6.45) is 0.681. The van der Waals surface area contributed by atoms with E-state index in [0.29, 0.717) is 18.5 Å². The Morgan fingerprint density at radius 1 is 1.04 bits per heavy atom. The number of hydrogen-bond acceptors (Lipinski definition) is 4. The number of carbonyl (C=O) groups is 2. The Morgan fingerprint density at radius 2 is 1.73 bits per heavy atom. The molecular weight excluding hydrogens is 354 g/mol. The smallest absolute Gasteiger partial charge is 0.335 e. The lowest BCUT2D eigenvalue weighted by Gasteiger charge is -2.07. The average molecular weight is 375 g/mol. The van der Waals surface area contributed by atoms with E-state index >= 15 is 0 Å². The second-order valence-electron chi connectivity index (χ2n) is 5.83. The zero-order chi connectivity index (χ0) is 19.2. The highest BCUT2D eigenvalue weighted by Crippen LogP contribution is 2.13. The molecule has 0 aliphatic heterocycles. The van der Waals surface area contributed by atoms with Crippen LogP contribution < -0.4 is 5.32 Å². The molecule has 0 atom stereocenters. The number of sulfone groups is 1. The van der Waals surface area contributed by atoms with E-state index in [-0.39, 0.29) is 28.5 Å². The van der Waals surface area contributed by atoms with E-state index < -0.39 is 15.8 Å². The Hall–Kier alpha value is -2.67. The molecule has 0 spiro atoms. The van der Waals surface area contributed by atoms with Gasteiger partial charge in [0.05, 0.1) is 22.6 Å². The third kappa shape index (κ3) is 5.42. The van der Waals surface area contributed by atoms with Crippen molar-refractivity contribution in [1.29, 1.82) is 0 Å². The van der Waals surface area contributed by atoms with Gasteiger partial charge in [-0.1, -0.05) is 31.2 Å². The van der Waals surface area contributed by atoms with Gasteiger partial charge in [-0.05, 0) is 41.8 Å². The number of benzene rings is 2. The summed E-state index contributed by atoms with van der Waals surface area (Å²) in [5.74, 6) is -1.15. The zero-order valence-electron chi connectivity index (χ0n) is 14.4. The highest BCUT2D eigenvalue weighted by Gasteiger charge is 2.12. The van der Waals surface area contributed by atoms with Gasteiger partial charge in [-0.25, -0.2) is 13.2 Å². The summed E-state index contributed by atoms with van der Waals surface area (Å²) < 4.78 is 23.8. The molecule has 0 saturated carbocycles. The van der Waals surface area contributed by atoms with Crippen molar-refractivity contribution < 1.29 is 23.1 Å². The molecule has 7 heteroatoms. The van der Waals surface area contributed by atoms with E-state index in [1.54, 1.807) is 31.2 Å². The summed E-state index contributed by atoms with van der Waals surface area (Å²) in [4.78, 5) is 23.1. The summed E-state index contributed by atoms with van der Waals surface area (Å²) >= 11 is 0. The molecular formula is C19H21NO5S. The molecule has 2 N–H and O–H groups in total. The Labute approximate surface area is 152 Å². The van der Waals surface area contributed by atoms with Gasteiger partial charge in [-0.3, -0.25) is 4.79 Å². The van der Waals surface area contributed by atoms with Crippen LogP contribution in [0.1, 0.15) is 28.4 Å². The molecule has 2 aromatic rings. The molecule has 0 aromatic heterocycles. The first-order valence-corrected chi connectivity index (χ1v) is 9.87. The van der Waals surface area contributed by atoms with E-state index in [4.69, 9.17) is 5.11 Å². The molecule has 0 saturated heterocycles. The highest BCUT2D eigenvalue weighted by molar-refractivity contribution is 7.91. The molecule has 0 aliphatic rings. The van der Waals surface area contributed by atoms with Gasteiger partial charge < -0.3 is 10.4 Å². The lowest BCUT2D eigenvalue weighted by atomic mass is 10.1. The number of amides is 1. The fraction of sp³-hybridized carbons (Fsp3) is 0.263. The number of nitrogens with one attached hydrogen (secondary N) is 1. The molecule has 6 nitrogen and oxygen atoms in total. The molecule has 2 rings (SSSR count). The molecule has 0 bridgehead atoms. The number of carboxylic acids is 1. The summed E-state index contributed by atoms with van der Waals surface area (Å²) in [6, 6.07) is 12.9. The first-order chi connectivity index (χ1) is 12.3. The average Bonchev–Trinajstić information content (AvgIpc) is 2.62. The lowest BCUT2D eigenvalue weighted by Crippen LogP contribution is -2.27. The van der Waals surface area contributed by atoms with Crippen LogP contribution in [0.2, 0.25) is 0 Å². The van der Waals surface area contributed by atoms with Gasteiger partial charge in [-0.15, -0.1) is 0 Å². The molecule has 138 valence electrons. The van der Waals surface area contributed by atoms with E-state index in [1.807, 2.05) is 0 Å². The van der Waals surface area contributed by atoms with Crippen LogP contribution in [0.5, 0.6) is 0 Å². The van der Waals surface area contributed by atoms with Crippen LogP contribution in [-0.4, -0.2) is 37.7 Å². The maximum Gasteiger partial charge on any atom is 0.335 e. The first-order valence-electron chi connectivity index (χ1n) is 8.22. The quantitative estimate of drug-likeness (QED) is 0.736. The van der Waals surface area contributed by atoms with E-state index in [9.17, 15) is 18.0 Å². The highest BCUT2D eigenvalue weighted by atomic mass is 32.2. The minimum absolute atomic E-state index is 0.0172. The summed E-state index contributed by atoms with van der Waals surface area (Å²) in [5.41, 5.74) is 1.79. The standard InChI is InChI=1S/C19H21NO5S/c1-2-26(24,25)17-5-3-4-15(12-17)13-18(21)20-11-10-14-6-8-16(9-7-14)19(22)23/h3-9,12H,2,10-11,13H2,1H3,(H,20,21)(H,22,23). The molecule has 0 fully saturated rings. The van der Waals surface area contributed by atoms with Gasteiger partial charge in [0, 0.05) is 6.54 Å². The lowest BCUT2D eigenvalue weighted by molar-refractivity contribution is -0.120. The molecule has 0 unspecified atom stereocenters. The second kappa shape index (κ2) is 8.62. The van der Waals surface area contributed by atoms with Gasteiger partial charge >= 0.3 is 5.97 Å². The van der Waals surface area contributed by atoms with Crippen LogP contribution >= 0.6 is 0 Å². The third-order valence-corrected chi connectivity index (χ3v) is 5.67. The molecule has 1 amide bonds. The number of aromatic carboxylic acids is 1. The number of rotatable bonds is 8. The summed E-state index contributed by atoms with van der Waals surface area (Å²) in [5, 5.41) is 11.6. The van der Waals surface area contributed by atoms with Gasteiger partial charge in [-0.2, -0.15) is 0 Å². The van der Waals surface area contributed by atoms with Gasteiger partial charge in [0.2, 0.25) is 5.91 Å². The van der Waals surface area contributed by atoms with Crippen molar-refractivity contribution in [2.75, 3.05) is 12.3 Å². The van der Waals surface area contributed by atoms with Crippen molar-refractivity contribution in [2.45, 2.75) is 24.7 Å². The SMILES string of the molecule is CCS(=O)(=O)c1cccc(CC(=O)NCCc2ccc(C(=O)O)cc2)c1. The van der Waals surface area contributed by atoms with E-state index in [1.165, 1.54) is 24.3 Å². The Bertz CT molecular complexity index is 888. The van der Waals surface area contributed by atoms with Crippen LogP contribution in [0.3, 0.4) is 0 Å². The van der Waals surface area contributed by atoms with Crippen LogP contribution in [0.4, 0.5) is 0 Å². The van der Waals surface area contributed by atoms with Crippen LogP contribution in [0.15, 0.2) is 53.4 Å². The van der Waals surface area contributed by atoms with Crippen LogP contribution in [-0.2, 0) is 27.5 Å². The van der Waals surface area contributed by atoms with Gasteiger partial charge in [0.15, 0.2) is 9.84 Å². The number of carboxylic acid groups (broad SMARTS) is 1.